The Labute approximate surface area is 109 Å². The first-order chi connectivity index (χ1) is 9.34. The molecule has 0 aliphatic heterocycles. The van der Waals surface area contributed by atoms with E-state index in [9.17, 15) is 4.79 Å². The van der Waals surface area contributed by atoms with Gasteiger partial charge in [-0.25, -0.2) is 0 Å². The summed E-state index contributed by atoms with van der Waals surface area (Å²) in [5, 5.41) is 0.593. The average molecular weight is 249 g/mol. The highest BCUT2D eigenvalue weighted by Crippen LogP contribution is 2.12. The first kappa shape index (κ1) is 11.4. The average Bonchev–Trinajstić information content (AvgIpc) is 2.48. The van der Waals surface area contributed by atoms with Gasteiger partial charge in [0.1, 0.15) is 11.8 Å². The van der Waals surface area contributed by atoms with Gasteiger partial charge in [-0.2, -0.15) is 0 Å². The normalized spacial score (nSPS) is 11.2. The van der Waals surface area contributed by atoms with Crippen LogP contribution in [0.2, 0.25) is 0 Å². The molecule has 0 amide bonds. The molecule has 0 saturated heterocycles. The van der Waals surface area contributed by atoms with Crippen molar-refractivity contribution in [1.82, 2.24) is 4.98 Å². The van der Waals surface area contributed by atoms with E-state index in [1.54, 1.807) is 30.6 Å². The van der Waals surface area contributed by atoms with Crippen LogP contribution in [0.4, 0.5) is 0 Å². The van der Waals surface area contributed by atoms with Gasteiger partial charge in [0.25, 0.3) is 0 Å². The van der Waals surface area contributed by atoms with E-state index in [0.717, 1.165) is 5.56 Å². The standard InChI is InChI=1S/C16H11NO2/c18-16-13(8-7-12-4-3-9-17-10-12)11-19-15-6-2-1-5-14(15)16/h1-11H/b8-7-. The minimum absolute atomic E-state index is 0.0259. The highest BCUT2D eigenvalue weighted by Gasteiger charge is 2.03. The fourth-order valence-corrected chi connectivity index (χ4v) is 1.87. The van der Waals surface area contributed by atoms with Crippen LogP contribution in [0.1, 0.15) is 11.1 Å². The van der Waals surface area contributed by atoms with E-state index in [-0.39, 0.29) is 5.43 Å². The summed E-state index contributed by atoms with van der Waals surface area (Å²) in [7, 11) is 0. The van der Waals surface area contributed by atoms with Crippen LogP contribution in [0.3, 0.4) is 0 Å². The molecular weight excluding hydrogens is 238 g/mol. The quantitative estimate of drug-likeness (QED) is 0.699. The minimum Gasteiger partial charge on any atom is -0.463 e. The van der Waals surface area contributed by atoms with E-state index in [1.807, 2.05) is 30.3 Å². The third-order valence-electron chi connectivity index (χ3n) is 2.85. The largest absolute Gasteiger partial charge is 0.463 e. The second-order valence-corrected chi connectivity index (χ2v) is 4.14. The topological polar surface area (TPSA) is 43.1 Å². The number of hydrogen-bond donors (Lipinski definition) is 0. The maximum atomic E-state index is 12.2. The number of hydrogen-bond acceptors (Lipinski definition) is 3. The van der Waals surface area contributed by atoms with Gasteiger partial charge >= 0.3 is 0 Å². The summed E-state index contributed by atoms with van der Waals surface area (Å²) in [6, 6.07) is 11.0. The summed E-state index contributed by atoms with van der Waals surface area (Å²) in [5.74, 6) is 0. The van der Waals surface area contributed by atoms with Gasteiger partial charge < -0.3 is 4.42 Å². The third kappa shape index (κ3) is 2.31. The fourth-order valence-electron chi connectivity index (χ4n) is 1.87. The molecule has 0 aliphatic rings. The lowest BCUT2D eigenvalue weighted by molar-refractivity contribution is 0.601. The van der Waals surface area contributed by atoms with Gasteiger partial charge in [0.15, 0.2) is 5.43 Å². The number of fused-ring (bicyclic) bond motifs is 1. The Balaban J connectivity index is 2.05. The lowest BCUT2D eigenvalue weighted by Crippen LogP contribution is -2.04. The molecule has 3 heteroatoms. The van der Waals surface area contributed by atoms with Gasteiger partial charge in [-0.3, -0.25) is 9.78 Å². The summed E-state index contributed by atoms with van der Waals surface area (Å²) in [4.78, 5) is 16.2. The summed E-state index contributed by atoms with van der Waals surface area (Å²) in [5.41, 5.74) is 2.05. The number of benzene rings is 1. The Morgan fingerprint density at radius 1 is 1.05 bits per heavy atom. The molecule has 0 spiro atoms. The number of aromatic nitrogens is 1. The Bertz CT molecular complexity index is 788. The van der Waals surface area contributed by atoms with E-state index in [0.29, 0.717) is 16.5 Å². The summed E-state index contributed by atoms with van der Waals surface area (Å²) in [6.07, 6.45) is 8.52. The molecule has 0 unspecified atom stereocenters. The van der Waals surface area contributed by atoms with Gasteiger partial charge in [0.05, 0.1) is 10.9 Å². The van der Waals surface area contributed by atoms with Crippen LogP contribution in [0.5, 0.6) is 0 Å². The second-order valence-electron chi connectivity index (χ2n) is 4.14. The van der Waals surface area contributed by atoms with E-state index in [4.69, 9.17) is 4.42 Å². The molecule has 19 heavy (non-hydrogen) atoms. The van der Waals surface area contributed by atoms with Crippen LogP contribution in [0.15, 0.2) is 64.3 Å². The Hall–Kier alpha value is -2.68. The van der Waals surface area contributed by atoms with Crippen LogP contribution >= 0.6 is 0 Å². The van der Waals surface area contributed by atoms with Gasteiger partial charge in [0, 0.05) is 12.4 Å². The van der Waals surface area contributed by atoms with Crippen LogP contribution in [0.25, 0.3) is 23.1 Å². The predicted molar refractivity (Wildman–Crippen MR) is 75.6 cm³/mol. The fraction of sp³-hybridized carbons (Fsp3) is 0. The van der Waals surface area contributed by atoms with Crippen molar-refractivity contribution >= 4 is 23.1 Å². The van der Waals surface area contributed by atoms with Crippen LogP contribution in [0, 0.1) is 0 Å². The Morgan fingerprint density at radius 2 is 1.95 bits per heavy atom. The number of para-hydroxylation sites is 1. The zero-order chi connectivity index (χ0) is 13.1. The summed E-state index contributed by atoms with van der Waals surface area (Å²) in [6.45, 7) is 0. The van der Waals surface area contributed by atoms with Crippen molar-refractivity contribution in [3.63, 3.8) is 0 Å². The van der Waals surface area contributed by atoms with Crippen molar-refractivity contribution in [1.29, 1.82) is 0 Å². The van der Waals surface area contributed by atoms with Crippen LogP contribution < -0.4 is 5.43 Å². The molecule has 3 nitrogen and oxygen atoms in total. The zero-order valence-electron chi connectivity index (χ0n) is 10.1. The highest BCUT2D eigenvalue weighted by molar-refractivity contribution is 5.80. The molecule has 1 aromatic carbocycles. The van der Waals surface area contributed by atoms with E-state index in [2.05, 4.69) is 4.98 Å². The van der Waals surface area contributed by atoms with Gasteiger partial charge in [0.2, 0.25) is 0 Å². The zero-order valence-corrected chi connectivity index (χ0v) is 10.1. The Morgan fingerprint density at radius 3 is 2.79 bits per heavy atom. The molecule has 0 aliphatic carbocycles. The monoisotopic (exact) mass is 249 g/mol. The smallest absolute Gasteiger partial charge is 0.199 e. The first-order valence-corrected chi connectivity index (χ1v) is 5.93. The maximum Gasteiger partial charge on any atom is 0.199 e. The highest BCUT2D eigenvalue weighted by atomic mass is 16.3. The molecule has 0 radical (unpaired) electrons. The predicted octanol–water partition coefficient (Wildman–Crippen LogP) is 3.36. The molecule has 3 rings (SSSR count). The molecule has 2 aromatic heterocycles. The van der Waals surface area contributed by atoms with Crippen molar-refractivity contribution in [2.75, 3.05) is 0 Å². The number of rotatable bonds is 2. The lowest BCUT2D eigenvalue weighted by Gasteiger charge is -1.97. The molecule has 0 fully saturated rings. The van der Waals surface area contributed by atoms with Crippen molar-refractivity contribution in [3.05, 3.63) is 76.4 Å². The first-order valence-electron chi connectivity index (χ1n) is 5.93. The van der Waals surface area contributed by atoms with Gasteiger partial charge in [-0.05, 0) is 29.8 Å². The molecule has 0 bridgehead atoms. The molecule has 92 valence electrons. The molecule has 0 atom stereocenters. The summed E-state index contributed by atoms with van der Waals surface area (Å²) >= 11 is 0. The minimum atomic E-state index is -0.0259. The van der Waals surface area contributed by atoms with Gasteiger partial charge in [-0.1, -0.05) is 24.3 Å². The third-order valence-corrected chi connectivity index (χ3v) is 2.85. The molecule has 0 saturated carbocycles. The SMILES string of the molecule is O=c1c(/C=C\c2cccnc2)coc2ccccc12. The van der Waals surface area contributed by atoms with E-state index in [1.165, 1.54) is 6.26 Å². The number of pyridine rings is 1. The second kappa shape index (κ2) is 4.90. The van der Waals surface area contributed by atoms with Crippen molar-refractivity contribution in [3.8, 4) is 0 Å². The van der Waals surface area contributed by atoms with Crippen LogP contribution in [-0.2, 0) is 0 Å². The molecule has 2 heterocycles. The maximum absolute atomic E-state index is 12.2. The number of nitrogens with zero attached hydrogens (tertiary/aromatic N) is 1. The molecule has 3 aromatic rings. The van der Waals surface area contributed by atoms with Crippen molar-refractivity contribution < 1.29 is 4.42 Å². The Kier molecular flexibility index (Phi) is 2.94. The molecule has 0 N–H and O–H groups in total. The lowest BCUT2D eigenvalue weighted by atomic mass is 10.1. The summed E-state index contributed by atoms with van der Waals surface area (Å²) < 4.78 is 5.45. The molecular formula is C16H11NO2. The van der Waals surface area contributed by atoms with Crippen molar-refractivity contribution in [2.24, 2.45) is 0 Å². The van der Waals surface area contributed by atoms with Gasteiger partial charge in [-0.15, -0.1) is 0 Å². The van der Waals surface area contributed by atoms with E-state index >= 15 is 0 Å². The van der Waals surface area contributed by atoms with Crippen LogP contribution in [-0.4, -0.2) is 4.98 Å². The van der Waals surface area contributed by atoms with E-state index < -0.39 is 0 Å². The van der Waals surface area contributed by atoms with Crippen molar-refractivity contribution in [2.45, 2.75) is 0 Å².